The van der Waals surface area contributed by atoms with E-state index in [-0.39, 0.29) is 0 Å². The smallest absolute Gasteiger partial charge is 0.240 e. The maximum atomic E-state index is 11.8. The normalized spacial score (nSPS) is 13.8. The molecule has 1 rings (SSSR count). The Morgan fingerprint density at radius 3 is 2.27 bits per heavy atom. The van der Waals surface area contributed by atoms with Crippen LogP contribution in [0.4, 0.5) is 0 Å². The lowest BCUT2D eigenvalue weighted by molar-refractivity contribution is -0.131. The predicted octanol–water partition coefficient (Wildman–Crippen LogP) is 2.04. The highest BCUT2D eigenvalue weighted by Crippen LogP contribution is 2.17. The Morgan fingerprint density at radius 1 is 1.23 bits per heavy atom. The number of carbonyl (C=O) groups is 2. The van der Waals surface area contributed by atoms with Crippen LogP contribution in [0.1, 0.15) is 25.8 Å². The van der Waals surface area contributed by atoms with Crippen molar-refractivity contribution in [2.24, 2.45) is 17.4 Å². The van der Waals surface area contributed by atoms with Gasteiger partial charge in [0.15, 0.2) is 0 Å². The number of nitrogens with zero attached hydrogens (tertiary/aromatic N) is 1. The number of primary amides is 2. The van der Waals surface area contributed by atoms with Crippen LogP contribution in [0.15, 0.2) is 36.5 Å². The molecule has 120 valence electrons. The van der Waals surface area contributed by atoms with Gasteiger partial charge >= 0.3 is 0 Å². The van der Waals surface area contributed by atoms with Crippen molar-refractivity contribution in [3.63, 3.8) is 0 Å². The topological polar surface area (TPSA) is 89.4 Å². The number of hydrogen-bond acceptors (Lipinski definition) is 3. The summed E-state index contributed by atoms with van der Waals surface area (Å²) in [7, 11) is 0. The first kappa shape index (κ1) is 18.0. The molecule has 0 aromatic heterocycles. The van der Waals surface area contributed by atoms with Gasteiger partial charge < -0.3 is 16.4 Å². The highest BCUT2D eigenvalue weighted by molar-refractivity contribution is 6.30. The van der Waals surface area contributed by atoms with Gasteiger partial charge in [-0.05, 0) is 30.3 Å². The predicted molar refractivity (Wildman–Crippen MR) is 87.8 cm³/mol. The molecule has 5 nitrogen and oxygen atoms in total. The molecular weight excluding hydrogens is 302 g/mol. The average Bonchev–Trinajstić information content (AvgIpc) is 2.46. The summed E-state index contributed by atoms with van der Waals surface area (Å²) < 4.78 is 0. The average molecular weight is 324 g/mol. The Hall–Kier alpha value is -2.01. The van der Waals surface area contributed by atoms with Crippen molar-refractivity contribution in [2.75, 3.05) is 0 Å². The van der Waals surface area contributed by atoms with Crippen LogP contribution < -0.4 is 11.5 Å². The molecule has 0 aliphatic heterocycles. The minimum absolute atomic E-state index is 0.429. The monoisotopic (exact) mass is 323 g/mol. The van der Waals surface area contributed by atoms with E-state index in [2.05, 4.69) is 0 Å². The van der Waals surface area contributed by atoms with Gasteiger partial charge in [-0.15, -0.1) is 0 Å². The summed E-state index contributed by atoms with van der Waals surface area (Å²) in [6.07, 6.45) is 4.48. The maximum Gasteiger partial charge on any atom is 0.240 e. The van der Waals surface area contributed by atoms with E-state index in [1.807, 2.05) is 25.1 Å². The van der Waals surface area contributed by atoms with E-state index in [0.29, 0.717) is 11.6 Å². The van der Waals surface area contributed by atoms with Crippen LogP contribution in [0.2, 0.25) is 5.02 Å². The number of rotatable bonds is 8. The molecule has 0 fully saturated rings. The van der Waals surface area contributed by atoms with Gasteiger partial charge in [-0.2, -0.15) is 0 Å². The molecule has 0 heterocycles. The standard InChI is InChI=1S/C16H22ClN3O2/c1-3-4-9-20(10-12-5-7-13(17)8-6-12)14(16(19)22)11(2)15(18)21/h4-9,11,14H,3,10H2,1-2H3,(H2,18,21)(H2,19,22)/b9-4+. The Kier molecular flexibility index (Phi) is 6.92. The summed E-state index contributed by atoms with van der Waals surface area (Å²) in [6, 6.07) is 6.48. The van der Waals surface area contributed by atoms with Gasteiger partial charge in [-0.25, -0.2) is 0 Å². The van der Waals surface area contributed by atoms with E-state index in [1.165, 1.54) is 0 Å². The fraction of sp³-hybridized carbons (Fsp3) is 0.375. The van der Waals surface area contributed by atoms with Gasteiger partial charge in [0.25, 0.3) is 0 Å². The molecule has 0 spiro atoms. The minimum Gasteiger partial charge on any atom is -0.369 e. The zero-order valence-corrected chi connectivity index (χ0v) is 13.6. The fourth-order valence-electron chi connectivity index (χ4n) is 2.14. The summed E-state index contributed by atoms with van der Waals surface area (Å²) in [5.41, 5.74) is 11.8. The van der Waals surface area contributed by atoms with E-state index in [4.69, 9.17) is 23.1 Å². The van der Waals surface area contributed by atoms with E-state index < -0.39 is 23.8 Å². The van der Waals surface area contributed by atoms with Gasteiger partial charge in [0, 0.05) is 11.6 Å². The molecule has 0 saturated heterocycles. The number of amides is 2. The molecule has 2 atom stereocenters. The van der Waals surface area contributed by atoms with Crippen LogP contribution in [-0.4, -0.2) is 22.8 Å². The third kappa shape index (κ3) is 5.07. The molecule has 2 amide bonds. The van der Waals surface area contributed by atoms with Crippen LogP contribution in [0, 0.1) is 5.92 Å². The van der Waals surface area contributed by atoms with Gasteiger partial charge in [0.05, 0.1) is 5.92 Å². The van der Waals surface area contributed by atoms with Crippen molar-refractivity contribution in [1.29, 1.82) is 0 Å². The van der Waals surface area contributed by atoms with Gasteiger partial charge in [0.2, 0.25) is 11.8 Å². The molecular formula is C16H22ClN3O2. The maximum absolute atomic E-state index is 11.8. The number of halogens is 1. The molecule has 0 bridgehead atoms. The second-order valence-electron chi connectivity index (χ2n) is 5.13. The van der Waals surface area contributed by atoms with Crippen molar-refractivity contribution in [2.45, 2.75) is 32.9 Å². The quantitative estimate of drug-likeness (QED) is 0.767. The third-order valence-corrected chi connectivity index (χ3v) is 3.63. The Balaban J connectivity index is 3.07. The van der Waals surface area contributed by atoms with Crippen LogP contribution in [0.25, 0.3) is 0 Å². The molecule has 1 aromatic carbocycles. The highest BCUT2D eigenvalue weighted by atomic mass is 35.5. The summed E-state index contributed by atoms with van der Waals surface area (Å²) in [4.78, 5) is 25.0. The second-order valence-corrected chi connectivity index (χ2v) is 5.57. The molecule has 0 aliphatic rings. The van der Waals surface area contributed by atoms with E-state index >= 15 is 0 Å². The molecule has 1 aromatic rings. The van der Waals surface area contributed by atoms with Crippen molar-refractivity contribution in [3.8, 4) is 0 Å². The van der Waals surface area contributed by atoms with Gasteiger partial charge in [-0.1, -0.05) is 43.7 Å². The van der Waals surface area contributed by atoms with E-state index in [0.717, 1.165) is 12.0 Å². The number of allylic oxidation sites excluding steroid dienone is 1. The number of nitrogens with two attached hydrogens (primary N) is 2. The summed E-state index contributed by atoms with van der Waals surface area (Å²) in [6.45, 7) is 4.01. The third-order valence-electron chi connectivity index (χ3n) is 3.38. The molecule has 0 aliphatic carbocycles. The van der Waals surface area contributed by atoms with E-state index in [1.54, 1.807) is 30.2 Å². The lowest BCUT2D eigenvalue weighted by atomic mass is 9.98. The number of carbonyl (C=O) groups excluding carboxylic acids is 2. The van der Waals surface area contributed by atoms with Crippen molar-refractivity contribution >= 4 is 23.4 Å². The van der Waals surface area contributed by atoms with Gasteiger partial charge in [0.1, 0.15) is 6.04 Å². The molecule has 2 unspecified atom stereocenters. The summed E-state index contributed by atoms with van der Waals surface area (Å²) in [5, 5.41) is 0.636. The first-order valence-electron chi connectivity index (χ1n) is 7.12. The Morgan fingerprint density at radius 2 is 1.82 bits per heavy atom. The molecule has 6 heteroatoms. The number of hydrogen-bond donors (Lipinski definition) is 2. The zero-order chi connectivity index (χ0) is 16.7. The summed E-state index contributed by atoms with van der Waals surface area (Å²) in [5.74, 6) is -1.83. The largest absolute Gasteiger partial charge is 0.369 e. The first-order chi connectivity index (χ1) is 10.4. The summed E-state index contributed by atoms with van der Waals surface area (Å²) >= 11 is 5.87. The Labute approximate surface area is 135 Å². The lowest BCUT2D eigenvalue weighted by Crippen LogP contribution is -2.49. The van der Waals surface area contributed by atoms with Gasteiger partial charge in [-0.3, -0.25) is 9.59 Å². The molecule has 22 heavy (non-hydrogen) atoms. The van der Waals surface area contributed by atoms with Crippen LogP contribution in [0.5, 0.6) is 0 Å². The zero-order valence-electron chi connectivity index (χ0n) is 12.8. The van der Waals surface area contributed by atoms with Crippen molar-refractivity contribution in [3.05, 3.63) is 47.1 Å². The second kappa shape index (κ2) is 8.44. The Bertz CT molecular complexity index is 543. The highest BCUT2D eigenvalue weighted by Gasteiger charge is 2.31. The van der Waals surface area contributed by atoms with Crippen molar-refractivity contribution < 1.29 is 9.59 Å². The van der Waals surface area contributed by atoms with Crippen LogP contribution in [-0.2, 0) is 16.1 Å². The van der Waals surface area contributed by atoms with Crippen molar-refractivity contribution in [1.82, 2.24) is 4.90 Å². The molecule has 4 N–H and O–H groups in total. The van der Waals surface area contributed by atoms with Crippen LogP contribution in [0.3, 0.4) is 0 Å². The first-order valence-corrected chi connectivity index (χ1v) is 7.50. The SMILES string of the molecule is CC/C=C/N(Cc1ccc(Cl)cc1)C(C(N)=O)C(C)C(N)=O. The van der Waals surface area contributed by atoms with E-state index in [9.17, 15) is 9.59 Å². The fourth-order valence-corrected chi connectivity index (χ4v) is 2.26. The lowest BCUT2D eigenvalue weighted by Gasteiger charge is -2.31. The minimum atomic E-state index is -0.795. The van der Waals surface area contributed by atoms with Crippen LogP contribution >= 0.6 is 11.6 Å². The molecule has 0 saturated carbocycles. The number of benzene rings is 1. The molecule has 0 radical (unpaired) electrons.